The molecule has 3 nitrogen and oxygen atoms in total. The van der Waals surface area contributed by atoms with Gasteiger partial charge in [0.05, 0.1) is 11.2 Å². The third-order valence-electron chi connectivity index (χ3n) is 1.80. The smallest absolute Gasteiger partial charge is 0.110 e. The van der Waals surface area contributed by atoms with Gasteiger partial charge in [0.1, 0.15) is 5.52 Å². The van der Waals surface area contributed by atoms with Crippen LogP contribution in [0.1, 0.15) is 12.6 Å². The zero-order valence-corrected chi connectivity index (χ0v) is 6.86. The fraction of sp³-hybridized carbons (Fsp3) is 0.222. The number of rotatable bonds is 1. The maximum atomic E-state index is 4.23. The molecule has 0 saturated heterocycles. The van der Waals surface area contributed by atoms with E-state index in [9.17, 15) is 0 Å². The predicted octanol–water partition coefficient (Wildman–Crippen LogP) is 1.59. The van der Waals surface area contributed by atoms with Crippen molar-refractivity contribution >= 4 is 11.0 Å². The second-order valence-corrected chi connectivity index (χ2v) is 2.54. The number of hydrogen-bond acceptors (Lipinski definition) is 3. The first-order chi connectivity index (χ1) is 5.92. The van der Waals surface area contributed by atoms with Crippen LogP contribution in [0.5, 0.6) is 0 Å². The Hall–Kier alpha value is -1.51. The van der Waals surface area contributed by atoms with Crippen molar-refractivity contribution in [2.75, 3.05) is 0 Å². The summed E-state index contributed by atoms with van der Waals surface area (Å²) in [6.45, 7) is 2.07. The highest BCUT2D eigenvalue weighted by atomic mass is 14.8. The SMILES string of the molecule is CCc1nccc2nccnc12. The summed E-state index contributed by atoms with van der Waals surface area (Å²) in [4.78, 5) is 12.6. The highest BCUT2D eigenvalue weighted by Gasteiger charge is 2.00. The molecular weight excluding hydrogens is 150 g/mol. The van der Waals surface area contributed by atoms with Crippen LogP contribution in [0.25, 0.3) is 11.0 Å². The molecule has 0 aliphatic rings. The Morgan fingerprint density at radius 3 is 2.75 bits per heavy atom. The van der Waals surface area contributed by atoms with Crippen molar-refractivity contribution in [3.63, 3.8) is 0 Å². The third kappa shape index (κ3) is 1.03. The molecule has 0 N–H and O–H groups in total. The number of nitrogens with zero attached hydrogens (tertiary/aromatic N) is 3. The normalized spacial score (nSPS) is 10.4. The second kappa shape index (κ2) is 2.85. The Bertz CT molecular complexity index is 392. The van der Waals surface area contributed by atoms with Gasteiger partial charge < -0.3 is 0 Å². The van der Waals surface area contributed by atoms with Gasteiger partial charge in [0, 0.05) is 18.6 Å². The number of aromatic nitrogens is 3. The summed E-state index contributed by atoms with van der Waals surface area (Å²) >= 11 is 0. The molecule has 2 rings (SSSR count). The molecule has 0 saturated carbocycles. The first-order valence-electron chi connectivity index (χ1n) is 3.96. The van der Waals surface area contributed by atoms with Crippen LogP contribution in [-0.4, -0.2) is 15.0 Å². The van der Waals surface area contributed by atoms with E-state index in [1.54, 1.807) is 18.6 Å². The Morgan fingerprint density at radius 2 is 1.92 bits per heavy atom. The summed E-state index contributed by atoms with van der Waals surface area (Å²) in [6, 6.07) is 1.88. The van der Waals surface area contributed by atoms with Crippen molar-refractivity contribution < 1.29 is 0 Å². The van der Waals surface area contributed by atoms with Crippen molar-refractivity contribution in [3.05, 3.63) is 30.4 Å². The molecule has 60 valence electrons. The average molecular weight is 159 g/mol. The second-order valence-electron chi connectivity index (χ2n) is 2.54. The summed E-state index contributed by atoms with van der Waals surface area (Å²) in [5, 5.41) is 0. The fourth-order valence-electron chi connectivity index (χ4n) is 1.21. The first-order valence-corrected chi connectivity index (χ1v) is 3.96. The van der Waals surface area contributed by atoms with Gasteiger partial charge in [-0.05, 0) is 12.5 Å². The van der Waals surface area contributed by atoms with Crippen molar-refractivity contribution in [1.82, 2.24) is 15.0 Å². The monoisotopic (exact) mass is 159 g/mol. The van der Waals surface area contributed by atoms with Gasteiger partial charge in [-0.2, -0.15) is 0 Å². The Morgan fingerprint density at radius 1 is 1.08 bits per heavy atom. The van der Waals surface area contributed by atoms with Crippen molar-refractivity contribution in [1.29, 1.82) is 0 Å². The molecule has 2 aromatic heterocycles. The number of aryl methyl sites for hydroxylation is 1. The molecule has 3 heteroatoms. The molecule has 0 aliphatic carbocycles. The van der Waals surface area contributed by atoms with E-state index in [1.807, 2.05) is 6.07 Å². The summed E-state index contributed by atoms with van der Waals surface area (Å²) < 4.78 is 0. The van der Waals surface area contributed by atoms with Gasteiger partial charge >= 0.3 is 0 Å². The zero-order chi connectivity index (χ0) is 8.39. The minimum absolute atomic E-state index is 0.899. The molecule has 0 atom stereocenters. The molecule has 2 heterocycles. The standard InChI is InChI=1S/C9H9N3/c1-2-7-9-8(3-4-10-7)11-5-6-12-9/h3-6H,2H2,1H3. The molecule has 0 spiro atoms. The molecule has 0 radical (unpaired) electrons. The number of pyridine rings is 1. The Kier molecular flexibility index (Phi) is 1.70. The summed E-state index contributed by atoms with van der Waals surface area (Å²) in [5.41, 5.74) is 2.85. The summed E-state index contributed by atoms with van der Waals surface area (Å²) in [5.74, 6) is 0. The lowest BCUT2D eigenvalue weighted by Crippen LogP contribution is -1.91. The Labute approximate surface area is 70.5 Å². The lowest BCUT2D eigenvalue weighted by atomic mass is 10.2. The third-order valence-corrected chi connectivity index (χ3v) is 1.80. The lowest BCUT2D eigenvalue weighted by molar-refractivity contribution is 1.04. The fourth-order valence-corrected chi connectivity index (χ4v) is 1.21. The Balaban J connectivity index is 2.79. The minimum Gasteiger partial charge on any atom is -0.259 e. The van der Waals surface area contributed by atoms with Crippen LogP contribution in [0.3, 0.4) is 0 Å². The van der Waals surface area contributed by atoms with E-state index in [0.29, 0.717) is 0 Å². The maximum absolute atomic E-state index is 4.23. The molecule has 0 aromatic carbocycles. The first kappa shape index (κ1) is 7.16. The quantitative estimate of drug-likeness (QED) is 0.634. The van der Waals surface area contributed by atoms with E-state index < -0.39 is 0 Å². The molecule has 0 amide bonds. The van der Waals surface area contributed by atoms with Crippen LogP contribution < -0.4 is 0 Å². The van der Waals surface area contributed by atoms with Gasteiger partial charge in [0.2, 0.25) is 0 Å². The molecular formula is C9H9N3. The number of hydrogen-bond donors (Lipinski definition) is 0. The van der Waals surface area contributed by atoms with Gasteiger partial charge in [-0.25, -0.2) is 0 Å². The van der Waals surface area contributed by atoms with Crippen molar-refractivity contribution in [2.45, 2.75) is 13.3 Å². The van der Waals surface area contributed by atoms with Gasteiger partial charge in [-0.1, -0.05) is 6.92 Å². The van der Waals surface area contributed by atoms with Gasteiger partial charge in [-0.15, -0.1) is 0 Å². The van der Waals surface area contributed by atoms with E-state index in [1.165, 1.54) is 0 Å². The van der Waals surface area contributed by atoms with Crippen LogP contribution in [0, 0.1) is 0 Å². The van der Waals surface area contributed by atoms with Gasteiger partial charge in [0.25, 0.3) is 0 Å². The van der Waals surface area contributed by atoms with Crippen LogP contribution in [-0.2, 0) is 6.42 Å². The van der Waals surface area contributed by atoms with Crippen LogP contribution in [0.4, 0.5) is 0 Å². The molecule has 12 heavy (non-hydrogen) atoms. The van der Waals surface area contributed by atoms with Crippen molar-refractivity contribution in [2.24, 2.45) is 0 Å². The average Bonchev–Trinajstić information content (AvgIpc) is 2.17. The highest BCUT2D eigenvalue weighted by Crippen LogP contribution is 2.10. The van der Waals surface area contributed by atoms with E-state index in [2.05, 4.69) is 21.9 Å². The van der Waals surface area contributed by atoms with Gasteiger partial charge in [-0.3, -0.25) is 15.0 Å². The van der Waals surface area contributed by atoms with Gasteiger partial charge in [0.15, 0.2) is 0 Å². The van der Waals surface area contributed by atoms with Crippen LogP contribution >= 0.6 is 0 Å². The van der Waals surface area contributed by atoms with Crippen molar-refractivity contribution in [3.8, 4) is 0 Å². The molecule has 2 aromatic rings. The summed E-state index contributed by atoms with van der Waals surface area (Å²) in [6.07, 6.45) is 6.07. The highest BCUT2D eigenvalue weighted by molar-refractivity contribution is 5.75. The van der Waals surface area contributed by atoms with E-state index in [4.69, 9.17) is 0 Å². The van der Waals surface area contributed by atoms with E-state index >= 15 is 0 Å². The van der Waals surface area contributed by atoms with E-state index in [-0.39, 0.29) is 0 Å². The molecule has 0 unspecified atom stereocenters. The topological polar surface area (TPSA) is 38.7 Å². The predicted molar refractivity (Wildman–Crippen MR) is 46.7 cm³/mol. The lowest BCUT2D eigenvalue weighted by Gasteiger charge is -1.99. The number of fused-ring (bicyclic) bond motifs is 1. The maximum Gasteiger partial charge on any atom is 0.110 e. The summed E-state index contributed by atoms with van der Waals surface area (Å²) in [7, 11) is 0. The molecule has 0 aliphatic heterocycles. The largest absolute Gasteiger partial charge is 0.259 e. The minimum atomic E-state index is 0.899. The van der Waals surface area contributed by atoms with E-state index in [0.717, 1.165) is 23.1 Å². The molecule has 0 fully saturated rings. The zero-order valence-electron chi connectivity index (χ0n) is 6.86. The van der Waals surface area contributed by atoms with Crippen LogP contribution in [0.15, 0.2) is 24.7 Å². The molecule has 0 bridgehead atoms. The van der Waals surface area contributed by atoms with Crippen LogP contribution in [0.2, 0.25) is 0 Å².